The summed E-state index contributed by atoms with van der Waals surface area (Å²) in [6, 6.07) is 5.69. The van der Waals surface area contributed by atoms with E-state index in [1.807, 2.05) is 19.5 Å². The van der Waals surface area contributed by atoms with Crippen molar-refractivity contribution in [3.8, 4) is 17.2 Å². The van der Waals surface area contributed by atoms with Crippen LogP contribution in [-0.4, -0.2) is 57.8 Å². The Morgan fingerprint density at radius 2 is 1.93 bits per heavy atom. The number of nitrogens with zero attached hydrogens (tertiary/aromatic N) is 1. The van der Waals surface area contributed by atoms with E-state index in [1.54, 1.807) is 44.8 Å². The Morgan fingerprint density at radius 1 is 1.18 bits per heavy atom. The molecule has 8 heteroatoms. The molecule has 1 aromatic carbocycles. The van der Waals surface area contributed by atoms with Gasteiger partial charge in [0.2, 0.25) is 0 Å². The van der Waals surface area contributed by atoms with E-state index in [2.05, 4.69) is 26.6 Å². The SMILES string of the molecule is COc1cc(OC)c2cc(C(=O)NCC(c3ccsc3)N(C)C)[nH]c2c1OC. The number of H-pyrrole nitrogens is 1. The summed E-state index contributed by atoms with van der Waals surface area (Å²) in [6.45, 7) is 0.496. The number of ether oxygens (including phenoxy) is 3. The van der Waals surface area contributed by atoms with Gasteiger partial charge in [0.25, 0.3) is 5.91 Å². The van der Waals surface area contributed by atoms with Gasteiger partial charge in [0, 0.05) is 18.0 Å². The Balaban J connectivity index is 1.87. The molecule has 2 N–H and O–H groups in total. The van der Waals surface area contributed by atoms with Crippen LogP contribution in [-0.2, 0) is 0 Å². The third-order valence-corrected chi connectivity index (χ3v) is 5.39. The summed E-state index contributed by atoms with van der Waals surface area (Å²) in [6.07, 6.45) is 0. The number of fused-ring (bicyclic) bond motifs is 1. The fraction of sp³-hybridized carbons (Fsp3) is 0.350. The molecule has 2 heterocycles. The van der Waals surface area contributed by atoms with Crippen LogP contribution in [0.5, 0.6) is 17.2 Å². The highest BCUT2D eigenvalue weighted by molar-refractivity contribution is 7.07. The van der Waals surface area contributed by atoms with E-state index in [-0.39, 0.29) is 11.9 Å². The smallest absolute Gasteiger partial charge is 0.267 e. The molecule has 150 valence electrons. The molecular formula is C20H25N3O4S. The molecule has 1 unspecified atom stereocenters. The van der Waals surface area contributed by atoms with Gasteiger partial charge in [0.15, 0.2) is 11.5 Å². The predicted octanol–water partition coefficient (Wildman–Crippen LogP) is 3.29. The number of thiophene rings is 1. The Bertz CT molecular complexity index is 950. The second kappa shape index (κ2) is 8.53. The molecule has 0 aliphatic heterocycles. The van der Waals surface area contributed by atoms with E-state index in [0.29, 0.717) is 35.0 Å². The number of carbonyl (C=O) groups is 1. The lowest BCUT2D eigenvalue weighted by Crippen LogP contribution is -2.34. The topological polar surface area (TPSA) is 75.8 Å². The highest BCUT2D eigenvalue weighted by Crippen LogP contribution is 2.41. The van der Waals surface area contributed by atoms with Crippen LogP contribution >= 0.6 is 11.3 Å². The van der Waals surface area contributed by atoms with Crippen LogP contribution in [0.4, 0.5) is 0 Å². The lowest BCUT2D eigenvalue weighted by Gasteiger charge is -2.23. The van der Waals surface area contributed by atoms with Gasteiger partial charge in [0.05, 0.1) is 32.9 Å². The number of benzene rings is 1. The first-order valence-electron chi connectivity index (χ1n) is 8.78. The van der Waals surface area contributed by atoms with Gasteiger partial charge in [-0.2, -0.15) is 11.3 Å². The lowest BCUT2D eigenvalue weighted by molar-refractivity contribution is 0.0938. The third kappa shape index (κ3) is 3.79. The summed E-state index contributed by atoms with van der Waals surface area (Å²) in [5.41, 5.74) is 2.27. The van der Waals surface area contributed by atoms with Gasteiger partial charge in [-0.25, -0.2) is 0 Å². The highest BCUT2D eigenvalue weighted by Gasteiger charge is 2.21. The maximum Gasteiger partial charge on any atom is 0.267 e. The summed E-state index contributed by atoms with van der Waals surface area (Å²) >= 11 is 1.65. The first-order valence-corrected chi connectivity index (χ1v) is 9.72. The molecule has 0 saturated heterocycles. The van der Waals surface area contributed by atoms with E-state index >= 15 is 0 Å². The zero-order chi connectivity index (χ0) is 20.3. The number of aromatic nitrogens is 1. The molecule has 1 amide bonds. The first-order chi connectivity index (χ1) is 13.5. The van der Waals surface area contributed by atoms with Crippen LogP contribution in [0.25, 0.3) is 10.9 Å². The Morgan fingerprint density at radius 3 is 2.50 bits per heavy atom. The van der Waals surface area contributed by atoms with Gasteiger partial charge in [-0.05, 0) is 42.6 Å². The number of rotatable bonds is 8. The van der Waals surface area contributed by atoms with Crippen molar-refractivity contribution in [1.82, 2.24) is 15.2 Å². The summed E-state index contributed by atoms with van der Waals surface area (Å²) in [5, 5.41) is 7.91. The van der Waals surface area contributed by atoms with Gasteiger partial charge in [-0.15, -0.1) is 0 Å². The monoisotopic (exact) mass is 403 g/mol. The van der Waals surface area contributed by atoms with E-state index in [0.717, 1.165) is 5.39 Å². The van der Waals surface area contributed by atoms with Crippen LogP contribution in [0.15, 0.2) is 29.0 Å². The van der Waals surface area contributed by atoms with Crippen LogP contribution in [0.2, 0.25) is 0 Å². The molecule has 3 aromatic rings. The largest absolute Gasteiger partial charge is 0.496 e. The fourth-order valence-corrected chi connectivity index (χ4v) is 3.91. The van der Waals surface area contributed by atoms with Crippen LogP contribution in [0, 0.1) is 0 Å². The average molecular weight is 404 g/mol. The van der Waals surface area contributed by atoms with Crippen molar-refractivity contribution in [1.29, 1.82) is 0 Å². The van der Waals surface area contributed by atoms with Crippen LogP contribution in [0.3, 0.4) is 0 Å². The van der Waals surface area contributed by atoms with Crippen LogP contribution in [0.1, 0.15) is 22.1 Å². The number of hydrogen-bond acceptors (Lipinski definition) is 6. The van der Waals surface area contributed by atoms with Crippen molar-refractivity contribution in [2.24, 2.45) is 0 Å². The number of nitrogens with one attached hydrogen (secondary N) is 2. The average Bonchev–Trinajstić information content (AvgIpc) is 3.36. The molecular weight excluding hydrogens is 378 g/mol. The molecule has 0 radical (unpaired) electrons. The van der Waals surface area contributed by atoms with Crippen molar-refractivity contribution in [2.75, 3.05) is 42.0 Å². The number of hydrogen-bond donors (Lipinski definition) is 2. The Labute approximate surface area is 168 Å². The highest BCUT2D eigenvalue weighted by atomic mass is 32.1. The third-order valence-electron chi connectivity index (χ3n) is 4.69. The zero-order valence-electron chi connectivity index (χ0n) is 16.7. The van der Waals surface area contributed by atoms with Crippen molar-refractivity contribution >= 4 is 28.1 Å². The van der Waals surface area contributed by atoms with Crippen molar-refractivity contribution in [3.63, 3.8) is 0 Å². The fourth-order valence-electron chi connectivity index (χ4n) is 3.21. The second-order valence-electron chi connectivity index (χ2n) is 6.53. The lowest BCUT2D eigenvalue weighted by atomic mass is 10.1. The number of carbonyl (C=O) groups excluding carboxylic acids is 1. The minimum atomic E-state index is -0.193. The normalized spacial score (nSPS) is 12.2. The molecule has 1 atom stereocenters. The predicted molar refractivity (Wildman–Crippen MR) is 111 cm³/mol. The molecule has 7 nitrogen and oxygen atoms in total. The minimum absolute atomic E-state index is 0.101. The van der Waals surface area contributed by atoms with Crippen molar-refractivity contribution in [2.45, 2.75) is 6.04 Å². The minimum Gasteiger partial charge on any atom is -0.496 e. The molecule has 3 rings (SSSR count). The summed E-state index contributed by atoms with van der Waals surface area (Å²) in [4.78, 5) is 18.0. The van der Waals surface area contributed by atoms with E-state index in [4.69, 9.17) is 14.2 Å². The van der Waals surface area contributed by atoms with Gasteiger partial charge in [-0.1, -0.05) is 0 Å². The number of methoxy groups -OCH3 is 3. The van der Waals surface area contributed by atoms with Gasteiger partial charge >= 0.3 is 0 Å². The van der Waals surface area contributed by atoms with E-state index < -0.39 is 0 Å². The maximum absolute atomic E-state index is 12.8. The van der Waals surface area contributed by atoms with E-state index in [9.17, 15) is 4.79 Å². The Kier molecular flexibility index (Phi) is 6.11. The molecule has 0 aliphatic carbocycles. The maximum atomic E-state index is 12.8. The second-order valence-corrected chi connectivity index (χ2v) is 7.31. The van der Waals surface area contributed by atoms with Crippen molar-refractivity contribution in [3.05, 3.63) is 40.2 Å². The molecule has 2 aromatic heterocycles. The number of aromatic amines is 1. The molecule has 0 aliphatic rings. The molecule has 0 fully saturated rings. The van der Waals surface area contributed by atoms with Gasteiger partial charge in [-0.3, -0.25) is 4.79 Å². The molecule has 28 heavy (non-hydrogen) atoms. The standard InChI is InChI=1S/C20H25N3O4S/c1-23(2)15(12-6-7-28-11-12)10-21-20(24)14-8-13-16(25-3)9-17(26-4)19(27-5)18(13)22-14/h6-9,11,15,22H,10H2,1-5H3,(H,21,24). The first kappa shape index (κ1) is 20.0. The quantitative estimate of drug-likeness (QED) is 0.604. The van der Waals surface area contributed by atoms with Crippen molar-refractivity contribution < 1.29 is 19.0 Å². The Hall–Kier alpha value is -2.71. The van der Waals surface area contributed by atoms with E-state index in [1.165, 1.54) is 5.56 Å². The zero-order valence-corrected chi connectivity index (χ0v) is 17.5. The van der Waals surface area contributed by atoms with Gasteiger partial charge in [0.1, 0.15) is 11.4 Å². The molecule has 0 saturated carbocycles. The number of likely N-dealkylation sites (N-methyl/N-ethyl adjacent to an activating group) is 1. The van der Waals surface area contributed by atoms with Crippen LogP contribution < -0.4 is 19.5 Å². The summed E-state index contributed by atoms with van der Waals surface area (Å²) in [5.74, 6) is 1.47. The summed E-state index contributed by atoms with van der Waals surface area (Å²) in [7, 11) is 8.70. The van der Waals surface area contributed by atoms with Gasteiger partial charge < -0.3 is 29.4 Å². The molecule has 0 spiro atoms. The summed E-state index contributed by atoms with van der Waals surface area (Å²) < 4.78 is 16.3. The molecule has 0 bridgehead atoms. The number of amides is 1.